The Balaban J connectivity index is 2.86. The number of rotatable bonds is 3. The number of carbonyl (C=O) groups is 1. The van der Waals surface area contributed by atoms with Crippen LogP contribution >= 0.6 is 11.6 Å². The summed E-state index contributed by atoms with van der Waals surface area (Å²) in [6, 6.07) is 5.25. The number of hydrogen-bond acceptors (Lipinski definition) is 1. The molecule has 1 rings (SSSR count). The first-order valence-electron chi connectivity index (χ1n) is 4.38. The number of halogens is 1. The van der Waals surface area contributed by atoms with Crippen molar-refractivity contribution >= 4 is 17.4 Å². The fourth-order valence-electron chi connectivity index (χ4n) is 1.26. The molecule has 1 aromatic rings. The van der Waals surface area contributed by atoms with Crippen LogP contribution in [0.3, 0.4) is 0 Å². The molecule has 0 unspecified atom stereocenters. The second kappa shape index (κ2) is 4.83. The topological polar surface area (TPSA) is 17.1 Å². The summed E-state index contributed by atoms with van der Waals surface area (Å²) in [6.07, 6.45) is 5.98. The van der Waals surface area contributed by atoms with E-state index in [0.717, 1.165) is 5.56 Å². The summed E-state index contributed by atoms with van der Waals surface area (Å²) in [7, 11) is 0. The van der Waals surface area contributed by atoms with Gasteiger partial charge in [-0.25, -0.2) is 0 Å². The Kier molecular flexibility index (Phi) is 3.73. The van der Waals surface area contributed by atoms with E-state index in [1.807, 2.05) is 6.92 Å². The van der Waals surface area contributed by atoms with Crippen molar-refractivity contribution in [3.63, 3.8) is 0 Å². The average molecular weight is 207 g/mol. The summed E-state index contributed by atoms with van der Waals surface area (Å²) >= 11 is 5.78. The van der Waals surface area contributed by atoms with E-state index >= 15 is 0 Å². The molecule has 0 radical (unpaired) electrons. The lowest BCUT2D eigenvalue weighted by Gasteiger charge is -2.03. The third-order valence-electron chi connectivity index (χ3n) is 1.99. The van der Waals surface area contributed by atoms with Gasteiger partial charge in [-0.2, -0.15) is 0 Å². The minimum absolute atomic E-state index is 0.0807. The van der Waals surface area contributed by atoms with Gasteiger partial charge in [0.25, 0.3) is 0 Å². The molecule has 1 nitrogen and oxygen atoms in total. The monoisotopic (exact) mass is 206 g/mol. The molecule has 0 heterocycles. The molecule has 0 aliphatic carbocycles. The van der Waals surface area contributed by atoms with Gasteiger partial charge in [0.2, 0.25) is 0 Å². The molecule has 0 aliphatic heterocycles. The minimum atomic E-state index is 0.0807. The Morgan fingerprint density at radius 3 is 2.86 bits per heavy atom. The fourth-order valence-corrected chi connectivity index (χ4v) is 1.49. The van der Waals surface area contributed by atoms with E-state index < -0.39 is 0 Å². The number of carbonyl (C=O) groups excluding carboxylic acids is 1. The molecule has 2 heteroatoms. The first-order chi connectivity index (χ1) is 6.65. The molecule has 0 N–H and O–H groups in total. The van der Waals surface area contributed by atoms with Crippen molar-refractivity contribution in [3.8, 4) is 12.3 Å². The summed E-state index contributed by atoms with van der Waals surface area (Å²) in [4.78, 5) is 11.6. The fraction of sp³-hybridized carbons (Fsp3) is 0.250. The molecule has 0 amide bonds. The van der Waals surface area contributed by atoms with E-state index in [4.69, 9.17) is 18.0 Å². The standard InChI is InChI=1S/C12H11ClO/c1-3-4-5-12(14)11-7-6-10(13)8-9(11)2/h1,6-8H,4-5H2,2H3. The maximum Gasteiger partial charge on any atom is 0.164 e. The van der Waals surface area contributed by atoms with E-state index in [9.17, 15) is 4.79 Å². The molecule has 1 aromatic carbocycles. The van der Waals surface area contributed by atoms with Crippen LogP contribution in [0.5, 0.6) is 0 Å². The normalized spacial score (nSPS) is 9.50. The maximum atomic E-state index is 11.6. The van der Waals surface area contributed by atoms with Crippen LogP contribution < -0.4 is 0 Å². The zero-order valence-electron chi connectivity index (χ0n) is 8.01. The second-order valence-corrected chi connectivity index (χ2v) is 3.52. The molecule has 0 saturated heterocycles. The summed E-state index contributed by atoms with van der Waals surface area (Å²) in [5, 5.41) is 0.649. The van der Waals surface area contributed by atoms with Gasteiger partial charge in [0.15, 0.2) is 5.78 Å². The van der Waals surface area contributed by atoms with Crippen LogP contribution in [0.15, 0.2) is 18.2 Å². The number of hydrogen-bond donors (Lipinski definition) is 0. The average Bonchev–Trinajstić information content (AvgIpc) is 2.14. The molecule has 0 atom stereocenters. The summed E-state index contributed by atoms with van der Waals surface area (Å²) in [6.45, 7) is 1.87. The first-order valence-corrected chi connectivity index (χ1v) is 4.75. The van der Waals surface area contributed by atoms with Crippen LogP contribution in [0.4, 0.5) is 0 Å². The lowest BCUT2D eigenvalue weighted by molar-refractivity contribution is 0.0984. The highest BCUT2D eigenvalue weighted by Gasteiger charge is 2.07. The summed E-state index contributed by atoms with van der Waals surface area (Å²) < 4.78 is 0. The molecular weight excluding hydrogens is 196 g/mol. The smallest absolute Gasteiger partial charge is 0.164 e. The third-order valence-corrected chi connectivity index (χ3v) is 2.22. The maximum absolute atomic E-state index is 11.6. The zero-order chi connectivity index (χ0) is 10.6. The molecule has 14 heavy (non-hydrogen) atoms. The van der Waals surface area contributed by atoms with Crippen molar-refractivity contribution in [1.29, 1.82) is 0 Å². The molecule has 0 spiro atoms. The largest absolute Gasteiger partial charge is 0.294 e. The van der Waals surface area contributed by atoms with Crippen LogP contribution in [-0.2, 0) is 0 Å². The Hall–Kier alpha value is -1.26. The third kappa shape index (κ3) is 2.61. The predicted molar refractivity (Wildman–Crippen MR) is 58.6 cm³/mol. The Morgan fingerprint density at radius 1 is 1.57 bits per heavy atom. The van der Waals surface area contributed by atoms with Crippen LogP contribution in [0, 0.1) is 19.3 Å². The van der Waals surface area contributed by atoms with Gasteiger partial charge < -0.3 is 0 Å². The van der Waals surface area contributed by atoms with Crippen LogP contribution in [0.2, 0.25) is 5.02 Å². The van der Waals surface area contributed by atoms with Crippen molar-refractivity contribution in [1.82, 2.24) is 0 Å². The van der Waals surface area contributed by atoms with E-state index in [1.54, 1.807) is 18.2 Å². The first kappa shape index (κ1) is 10.8. The number of Topliss-reactive ketones (excluding diaryl/α,β-unsaturated/α-hetero) is 1. The summed E-state index contributed by atoms with van der Waals surface area (Å²) in [5.41, 5.74) is 1.61. The molecule has 0 aliphatic rings. The van der Waals surface area contributed by atoms with Crippen molar-refractivity contribution in [3.05, 3.63) is 34.3 Å². The number of benzene rings is 1. The van der Waals surface area contributed by atoms with Gasteiger partial charge in [0, 0.05) is 23.4 Å². The van der Waals surface area contributed by atoms with Gasteiger partial charge >= 0.3 is 0 Å². The van der Waals surface area contributed by atoms with Crippen LogP contribution in [0.1, 0.15) is 28.8 Å². The van der Waals surface area contributed by atoms with E-state index in [1.165, 1.54) is 0 Å². The van der Waals surface area contributed by atoms with Gasteiger partial charge in [-0.15, -0.1) is 12.3 Å². The zero-order valence-corrected chi connectivity index (χ0v) is 8.77. The van der Waals surface area contributed by atoms with Gasteiger partial charge in [-0.1, -0.05) is 11.6 Å². The Bertz CT molecular complexity index is 388. The highest BCUT2D eigenvalue weighted by Crippen LogP contribution is 2.16. The molecule has 0 saturated carbocycles. The van der Waals surface area contributed by atoms with Crippen LogP contribution in [-0.4, -0.2) is 5.78 Å². The molecule has 0 bridgehead atoms. The van der Waals surface area contributed by atoms with Crippen molar-refractivity contribution in [2.45, 2.75) is 19.8 Å². The van der Waals surface area contributed by atoms with Crippen molar-refractivity contribution in [2.75, 3.05) is 0 Å². The molecule has 0 fully saturated rings. The van der Waals surface area contributed by atoms with Gasteiger partial charge in [0.05, 0.1) is 0 Å². The quantitative estimate of drug-likeness (QED) is 0.548. The minimum Gasteiger partial charge on any atom is -0.294 e. The van der Waals surface area contributed by atoms with E-state index in [0.29, 0.717) is 23.4 Å². The molecule has 72 valence electrons. The number of ketones is 1. The van der Waals surface area contributed by atoms with Gasteiger partial charge in [-0.05, 0) is 30.7 Å². The van der Waals surface area contributed by atoms with Gasteiger partial charge in [0.1, 0.15) is 0 Å². The predicted octanol–water partition coefficient (Wildman–Crippen LogP) is 3.24. The number of aryl methyl sites for hydroxylation is 1. The second-order valence-electron chi connectivity index (χ2n) is 3.09. The molecular formula is C12H11ClO. The summed E-state index contributed by atoms with van der Waals surface area (Å²) in [5.74, 6) is 2.53. The number of terminal acetylenes is 1. The Morgan fingerprint density at radius 2 is 2.29 bits per heavy atom. The lowest BCUT2D eigenvalue weighted by atomic mass is 10.0. The van der Waals surface area contributed by atoms with E-state index in [2.05, 4.69) is 5.92 Å². The highest BCUT2D eigenvalue weighted by atomic mass is 35.5. The van der Waals surface area contributed by atoms with Crippen molar-refractivity contribution < 1.29 is 4.79 Å². The lowest BCUT2D eigenvalue weighted by Crippen LogP contribution is -2.00. The van der Waals surface area contributed by atoms with Crippen LogP contribution in [0.25, 0.3) is 0 Å². The van der Waals surface area contributed by atoms with Gasteiger partial charge in [-0.3, -0.25) is 4.79 Å². The SMILES string of the molecule is C#CCCC(=O)c1ccc(Cl)cc1C. The Labute approximate surface area is 89.1 Å². The van der Waals surface area contributed by atoms with E-state index in [-0.39, 0.29) is 5.78 Å². The van der Waals surface area contributed by atoms with Crippen molar-refractivity contribution in [2.24, 2.45) is 0 Å². The highest BCUT2D eigenvalue weighted by molar-refractivity contribution is 6.30. The molecule has 0 aromatic heterocycles.